The van der Waals surface area contributed by atoms with Crippen LogP contribution in [0.25, 0.3) is 0 Å². The number of ether oxygens (including phenoxy) is 1. The number of benzene rings is 2. The van der Waals surface area contributed by atoms with Crippen molar-refractivity contribution in [2.75, 3.05) is 17.7 Å². The average molecular weight is 311 g/mol. The van der Waals surface area contributed by atoms with Gasteiger partial charge in [-0.05, 0) is 36.4 Å². The quantitative estimate of drug-likeness (QED) is 0.751. The van der Waals surface area contributed by atoms with Crippen LogP contribution in [-0.2, 0) is 0 Å². The molecule has 0 saturated carbocycles. The van der Waals surface area contributed by atoms with Gasteiger partial charge in [0.2, 0.25) is 5.95 Å². The van der Waals surface area contributed by atoms with Gasteiger partial charge in [-0.3, -0.25) is 0 Å². The molecule has 7 heteroatoms. The summed E-state index contributed by atoms with van der Waals surface area (Å²) in [6.07, 6.45) is 1.50. The monoisotopic (exact) mass is 311 g/mol. The number of nitrogens with zero attached hydrogens (tertiary/aromatic N) is 3. The average Bonchev–Trinajstić information content (AvgIpc) is 2.58. The van der Waals surface area contributed by atoms with E-state index in [1.54, 1.807) is 19.2 Å². The van der Waals surface area contributed by atoms with Crippen LogP contribution in [0.3, 0.4) is 0 Å². The standard InChI is InChI=1S/C16H14FN5O/c1-23-14-5-3-2-4-13(14)20-15-10-18-22-16(21-15)19-12-8-6-11(17)7-9-12/h2-10H,1H3,(H2,19,20,21,22). The molecule has 1 aromatic heterocycles. The van der Waals surface area contributed by atoms with Crippen LogP contribution in [0.1, 0.15) is 0 Å². The van der Waals surface area contributed by atoms with E-state index in [9.17, 15) is 4.39 Å². The van der Waals surface area contributed by atoms with E-state index in [-0.39, 0.29) is 5.82 Å². The van der Waals surface area contributed by atoms with Gasteiger partial charge in [-0.25, -0.2) is 4.39 Å². The summed E-state index contributed by atoms with van der Waals surface area (Å²) in [7, 11) is 1.60. The van der Waals surface area contributed by atoms with Crippen LogP contribution >= 0.6 is 0 Å². The van der Waals surface area contributed by atoms with Crippen molar-refractivity contribution in [1.82, 2.24) is 15.2 Å². The Bertz CT molecular complexity index is 794. The maximum absolute atomic E-state index is 12.9. The minimum atomic E-state index is -0.304. The van der Waals surface area contributed by atoms with E-state index in [0.29, 0.717) is 23.2 Å². The maximum atomic E-state index is 12.9. The van der Waals surface area contributed by atoms with Crippen LogP contribution in [0.5, 0.6) is 5.75 Å². The first-order valence-electron chi connectivity index (χ1n) is 6.87. The summed E-state index contributed by atoms with van der Waals surface area (Å²) in [5.74, 6) is 1.20. The zero-order valence-electron chi connectivity index (χ0n) is 12.3. The van der Waals surface area contributed by atoms with E-state index in [4.69, 9.17) is 4.74 Å². The summed E-state index contributed by atoms with van der Waals surface area (Å²) in [5.41, 5.74) is 1.44. The molecule has 0 aliphatic carbocycles. The molecule has 3 aromatic rings. The minimum Gasteiger partial charge on any atom is -0.495 e. The predicted molar refractivity (Wildman–Crippen MR) is 85.8 cm³/mol. The fourth-order valence-corrected chi connectivity index (χ4v) is 1.96. The summed E-state index contributed by atoms with van der Waals surface area (Å²) >= 11 is 0. The van der Waals surface area contributed by atoms with Gasteiger partial charge >= 0.3 is 0 Å². The van der Waals surface area contributed by atoms with Crippen molar-refractivity contribution in [2.45, 2.75) is 0 Å². The Morgan fingerprint density at radius 1 is 1.00 bits per heavy atom. The van der Waals surface area contributed by atoms with E-state index in [0.717, 1.165) is 5.69 Å². The number of hydrogen-bond acceptors (Lipinski definition) is 6. The third-order valence-corrected chi connectivity index (χ3v) is 3.03. The first-order valence-corrected chi connectivity index (χ1v) is 6.87. The number of rotatable bonds is 5. The van der Waals surface area contributed by atoms with Crippen molar-refractivity contribution in [1.29, 1.82) is 0 Å². The Kier molecular flexibility index (Phi) is 4.28. The molecule has 23 heavy (non-hydrogen) atoms. The smallest absolute Gasteiger partial charge is 0.249 e. The molecule has 0 amide bonds. The molecule has 3 rings (SSSR count). The molecule has 116 valence electrons. The molecular weight excluding hydrogens is 297 g/mol. The summed E-state index contributed by atoms with van der Waals surface area (Å²) in [5, 5.41) is 13.9. The molecule has 1 heterocycles. The Morgan fingerprint density at radius 3 is 2.57 bits per heavy atom. The van der Waals surface area contributed by atoms with Gasteiger partial charge < -0.3 is 15.4 Å². The number of para-hydroxylation sites is 2. The lowest BCUT2D eigenvalue weighted by Crippen LogP contribution is -2.03. The molecule has 0 aliphatic rings. The van der Waals surface area contributed by atoms with Crippen molar-refractivity contribution in [2.24, 2.45) is 0 Å². The SMILES string of the molecule is COc1ccccc1Nc1cnnc(Nc2ccc(F)cc2)n1. The summed E-state index contributed by atoms with van der Waals surface area (Å²) in [6, 6.07) is 13.4. The topological polar surface area (TPSA) is 72.0 Å². The lowest BCUT2D eigenvalue weighted by molar-refractivity contribution is 0.417. The number of nitrogens with one attached hydrogen (secondary N) is 2. The van der Waals surface area contributed by atoms with Gasteiger partial charge in [0, 0.05) is 5.69 Å². The Balaban J connectivity index is 1.78. The lowest BCUT2D eigenvalue weighted by Gasteiger charge is -2.10. The van der Waals surface area contributed by atoms with Crippen LogP contribution in [0.15, 0.2) is 54.7 Å². The second-order valence-corrected chi connectivity index (χ2v) is 4.62. The second-order valence-electron chi connectivity index (χ2n) is 4.62. The van der Waals surface area contributed by atoms with E-state index in [1.807, 2.05) is 24.3 Å². The van der Waals surface area contributed by atoms with Crippen molar-refractivity contribution in [3.63, 3.8) is 0 Å². The van der Waals surface area contributed by atoms with Gasteiger partial charge in [0.25, 0.3) is 0 Å². The molecular formula is C16H14FN5O. The fraction of sp³-hybridized carbons (Fsp3) is 0.0625. The van der Waals surface area contributed by atoms with Crippen molar-refractivity contribution in [3.8, 4) is 5.75 Å². The van der Waals surface area contributed by atoms with Crippen LogP contribution in [0, 0.1) is 5.82 Å². The second kappa shape index (κ2) is 6.69. The van der Waals surface area contributed by atoms with Gasteiger partial charge in [-0.15, -0.1) is 5.10 Å². The maximum Gasteiger partial charge on any atom is 0.249 e. The van der Waals surface area contributed by atoms with Gasteiger partial charge in [-0.2, -0.15) is 10.1 Å². The van der Waals surface area contributed by atoms with Gasteiger partial charge in [-0.1, -0.05) is 12.1 Å². The normalized spacial score (nSPS) is 10.2. The molecule has 2 N–H and O–H groups in total. The Labute approximate surface area is 132 Å². The van der Waals surface area contributed by atoms with Crippen LogP contribution in [0.4, 0.5) is 27.5 Å². The third kappa shape index (κ3) is 3.70. The van der Waals surface area contributed by atoms with Gasteiger partial charge in [0.15, 0.2) is 5.82 Å². The summed E-state index contributed by atoms with van der Waals surface area (Å²) in [4.78, 5) is 4.32. The van der Waals surface area contributed by atoms with Crippen molar-refractivity contribution >= 4 is 23.1 Å². The Hall–Kier alpha value is -3.22. The van der Waals surface area contributed by atoms with Crippen molar-refractivity contribution < 1.29 is 9.13 Å². The first kappa shape index (κ1) is 14.7. The molecule has 2 aromatic carbocycles. The summed E-state index contributed by atoms with van der Waals surface area (Å²) in [6.45, 7) is 0. The lowest BCUT2D eigenvalue weighted by atomic mass is 10.3. The Morgan fingerprint density at radius 2 is 1.78 bits per heavy atom. The zero-order valence-corrected chi connectivity index (χ0v) is 12.3. The molecule has 6 nitrogen and oxygen atoms in total. The predicted octanol–water partition coefficient (Wildman–Crippen LogP) is 3.51. The molecule has 0 aliphatic heterocycles. The highest BCUT2D eigenvalue weighted by atomic mass is 19.1. The van der Waals surface area contributed by atoms with Gasteiger partial charge in [0.05, 0.1) is 19.0 Å². The molecule has 0 unspecified atom stereocenters. The summed E-state index contributed by atoms with van der Waals surface area (Å²) < 4.78 is 18.2. The molecule has 0 spiro atoms. The van der Waals surface area contributed by atoms with E-state index < -0.39 is 0 Å². The first-order chi connectivity index (χ1) is 11.2. The molecule has 0 bridgehead atoms. The van der Waals surface area contributed by atoms with Crippen LogP contribution < -0.4 is 15.4 Å². The number of anilines is 4. The number of methoxy groups -OCH3 is 1. The van der Waals surface area contributed by atoms with Crippen LogP contribution in [-0.4, -0.2) is 22.3 Å². The van der Waals surface area contributed by atoms with E-state index >= 15 is 0 Å². The number of halogens is 1. The molecule has 0 fully saturated rings. The molecule has 0 radical (unpaired) electrons. The zero-order chi connectivity index (χ0) is 16.1. The van der Waals surface area contributed by atoms with E-state index in [2.05, 4.69) is 25.8 Å². The van der Waals surface area contributed by atoms with Gasteiger partial charge in [0.1, 0.15) is 11.6 Å². The van der Waals surface area contributed by atoms with Crippen LogP contribution in [0.2, 0.25) is 0 Å². The third-order valence-electron chi connectivity index (χ3n) is 3.03. The highest BCUT2D eigenvalue weighted by Crippen LogP contribution is 2.26. The molecule has 0 atom stereocenters. The highest BCUT2D eigenvalue weighted by Gasteiger charge is 2.05. The highest BCUT2D eigenvalue weighted by molar-refractivity contribution is 5.64. The fourth-order valence-electron chi connectivity index (χ4n) is 1.96. The molecule has 0 saturated heterocycles. The largest absolute Gasteiger partial charge is 0.495 e. The number of aromatic nitrogens is 3. The minimum absolute atomic E-state index is 0.302. The number of hydrogen-bond donors (Lipinski definition) is 2. The van der Waals surface area contributed by atoms with E-state index in [1.165, 1.54) is 18.3 Å². The van der Waals surface area contributed by atoms with Crippen molar-refractivity contribution in [3.05, 3.63) is 60.5 Å².